The molecule has 6 nitrogen and oxygen atoms in total. The van der Waals surface area contributed by atoms with Gasteiger partial charge in [0.25, 0.3) is 0 Å². The Bertz CT molecular complexity index is 513. The summed E-state index contributed by atoms with van der Waals surface area (Å²) in [4.78, 5) is 15.9. The molecule has 0 bridgehead atoms. The molecule has 0 aliphatic rings. The van der Waals surface area contributed by atoms with Crippen molar-refractivity contribution in [3.05, 3.63) is 48.5 Å². The van der Waals surface area contributed by atoms with E-state index in [-0.39, 0.29) is 12.5 Å². The number of carbonyl (C=O) groups excluding carboxylic acids is 1. The van der Waals surface area contributed by atoms with Crippen LogP contribution >= 0.6 is 0 Å². The van der Waals surface area contributed by atoms with Crippen LogP contribution in [0.4, 0.5) is 0 Å². The number of carbonyl (C=O) groups is 1. The van der Waals surface area contributed by atoms with Crippen molar-refractivity contribution in [1.29, 1.82) is 0 Å². The van der Waals surface area contributed by atoms with Gasteiger partial charge in [-0.2, -0.15) is 5.10 Å². The summed E-state index contributed by atoms with van der Waals surface area (Å²) in [5.41, 5.74) is 0.865. The van der Waals surface area contributed by atoms with Crippen molar-refractivity contribution in [2.24, 2.45) is 0 Å². The SMILES string of the molecule is CC(C(=O)NC(CO)c1ccccc1)n1cncn1. The predicted octanol–water partition coefficient (Wildman–Crippen LogP) is 0.689. The van der Waals surface area contributed by atoms with Crippen LogP contribution in [0.2, 0.25) is 0 Å². The number of aliphatic hydroxyl groups excluding tert-OH is 1. The van der Waals surface area contributed by atoms with E-state index < -0.39 is 12.1 Å². The Labute approximate surface area is 111 Å². The van der Waals surface area contributed by atoms with Gasteiger partial charge in [0.1, 0.15) is 18.7 Å². The summed E-state index contributed by atoms with van der Waals surface area (Å²) in [7, 11) is 0. The molecule has 2 atom stereocenters. The van der Waals surface area contributed by atoms with E-state index >= 15 is 0 Å². The Morgan fingerprint density at radius 1 is 1.42 bits per heavy atom. The molecule has 0 fully saturated rings. The highest BCUT2D eigenvalue weighted by Gasteiger charge is 2.19. The smallest absolute Gasteiger partial charge is 0.245 e. The van der Waals surface area contributed by atoms with Crippen LogP contribution in [-0.2, 0) is 4.79 Å². The van der Waals surface area contributed by atoms with Crippen LogP contribution in [0.1, 0.15) is 24.6 Å². The highest BCUT2D eigenvalue weighted by Crippen LogP contribution is 2.13. The minimum Gasteiger partial charge on any atom is -0.394 e. The van der Waals surface area contributed by atoms with Crippen LogP contribution in [0, 0.1) is 0 Å². The van der Waals surface area contributed by atoms with E-state index in [4.69, 9.17) is 0 Å². The monoisotopic (exact) mass is 260 g/mol. The molecule has 100 valence electrons. The van der Waals surface area contributed by atoms with E-state index in [1.165, 1.54) is 17.3 Å². The predicted molar refractivity (Wildman–Crippen MR) is 69.1 cm³/mol. The van der Waals surface area contributed by atoms with Gasteiger partial charge in [-0.3, -0.25) is 4.79 Å². The Kier molecular flexibility index (Phi) is 4.25. The third-order valence-corrected chi connectivity index (χ3v) is 2.91. The minimum absolute atomic E-state index is 0.153. The molecule has 1 amide bonds. The lowest BCUT2D eigenvalue weighted by Gasteiger charge is -2.19. The summed E-state index contributed by atoms with van der Waals surface area (Å²) < 4.78 is 1.47. The summed E-state index contributed by atoms with van der Waals surface area (Å²) in [6.07, 6.45) is 2.87. The third kappa shape index (κ3) is 3.17. The van der Waals surface area contributed by atoms with Crippen molar-refractivity contribution in [2.75, 3.05) is 6.61 Å². The first-order valence-electron chi connectivity index (χ1n) is 6.02. The molecule has 0 aliphatic carbocycles. The molecule has 1 aromatic carbocycles. The van der Waals surface area contributed by atoms with E-state index in [2.05, 4.69) is 15.4 Å². The van der Waals surface area contributed by atoms with Gasteiger partial charge in [-0.25, -0.2) is 9.67 Å². The van der Waals surface area contributed by atoms with Gasteiger partial charge >= 0.3 is 0 Å². The molecule has 19 heavy (non-hydrogen) atoms. The lowest BCUT2D eigenvalue weighted by molar-refractivity contribution is -0.125. The van der Waals surface area contributed by atoms with E-state index in [1.54, 1.807) is 6.92 Å². The molecular formula is C13H16N4O2. The first-order chi connectivity index (χ1) is 9.22. The Hall–Kier alpha value is -2.21. The molecule has 1 aromatic heterocycles. The maximum atomic E-state index is 12.1. The number of benzene rings is 1. The lowest BCUT2D eigenvalue weighted by Crippen LogP contribution is -2.35. The second kappa shape index (κ2) is 6.10. The van der Waals surface area contributed by atoms with E-state index in [9.17, 15) is 9.90 Å². The number of hydrogen-bond donors (Lipinski definition) is 2. The molecule has 2 aromatic rings. The largest absolute Gasteiger partial charge is 0.394 e. The lowest BCUT2D eigenvalue weighted by atomic mass is 10.1. The number of nitrogens with zero attached hydrogens (tertiary/aromatic N) is 3. The summed E-state index contributed by atoms with van der Waals surface area (Å²) in [6, 6.07) is 8.45. The van der Waals surface area contributed by atoms with Crippen LogP contribution in [0.15, 0.2) is 43.0 Å². The van der Waals surface area contributed by atoms with Gasteiger partial charge in [0.05, 0.1) is 12.6 Å². The second-order valence-electron chi connectivity index (χ2n) is 4.21. The van der Waals surface area contributed by atoms with Crippen molar-refractivity contribution in [3.8, 4) is 0 Å². The van der Waals surface area contributed by atoms with Gasteiger partial charge in [-0.1, -0.05) is 30.3 Å². The molecule has 1 heterocycles. The topological polar surface area (TPSA) is 80.0 Å². The molecular weight excluding hydrogens is 244 g/mol. The van der Waals surface area contributed by atoms with Crippen LogP contribution in [0.25, 0.3) is 0 Å². The first-order valence-corrected chi connectivity index (χ1v) is 6.02. The molecule has 0 spiro atoms. The molecule has 6 heteroatoms. The third-order valence-electron chi connectivity index (χ3n) is 2.91. The average Bonchev–Trinajstić information content (AvgIpc) is 2.98. The Balaban J connectivity index is 2.05. The van der Waals surface area contributed by atoms with Crippen molar-refractivity contribution in [2.45, 2.75) is 19.0 Å². The number of aromatic nitrogens is 3. The molecule has 0 saturated carbocycles. The number of nitrogens with one attached hydrogen (secondary N) is 1. The molecule has 0 saturated heterocycles. The molecule has 2 rings (SSSR count). The quantitative estimate of drug-likeness (QED) is 0.829. The summed E-state index contributed by atoms with van der Waals surface area (Å²) in [6.45, 7) is 1.57. The van der Waals surface area contributed by atoms with Crippen molar-refractivity contribution in [3.63, 3.8) is 0 Å². The minimum atomic E-state index is -0.472. The van der Waals surface area contributed by atoms with Crippen molar-refractivity contribution in [1.82, 2.24) is 20.1 Å². The standard InChI is InChI=1S/C13H16N4O2/c1-10(17-9-14-8-15-17)13(19)16-12(7-18)11-5-3-2-4-6-11/h2-6,8-10,12,18H,7H2,1H3,(H,16,19). The maximum Gasteiger partial charge on any atom is 0.245 e. The van der Waals surface area contributed by atoms with Crippen LogP contribution in [0.5, 0.6) is 0 Å². The van der Waals surface area contributed by atoms with Crippen LogP contribution in [-0.4, -0.2) is 32.4 Å². The Morgan fingerprint density at radius 2 is 2.16 bits per heavy atom. The zero-order chi connectivity index (χ0) is 13.7. The number of amides is 1. The first kappa shape index (κ1) is 13.2. The zero-order valence-corrected chi connectivity index (χ0v) is 10.6. The van der Waals surface area contributed by atoms with Gasteiger partial charge in [-0.15, -0.1) is 0 Å². The molecule has 0 aliphatic heterocycles. The summed E-state index contributed by atoms with van der Waals surface area (Å²) in [5, 5.41) is 16.1. The molecule has 2 unspecified atom stereocenters. The van der Waals surface area contributed by atoms with E-state index in [0.717, 1.165) is 5.56 Å². The number of aliphatic hydroxyl groups is 1. The van der Waals surface area contributed by atoms with Gasteiger partial charge in [0.2, 0.25) is 5.91 Å². The number of rotatable bonds is 5. The fourth-order valence-electron chi connectivity index (χ4n) is 1.75. The Morgan fingerprint density at radius 3 is 2.74 bits per heavy atom. The van der Waals surface area contributed by atoms with E-state index in [0.29, 0.717) is 0 Å². The zero-order valence-electron chi connectivity index (χ0n) is 10.6. The van der Waals surface area contributed by atoms with Crippen LogP contribution < -0.4 is 5.32 Å². The average molecular weight is 260 g/mol. The molecule has 0 radical (unpaired) electrons. The fraction of sp³-hybridized carbons (Fsp3) is 0.308. The van der Waals surface area contributed by atoms with Crippen molar-refractivity contribution >= 4 is 5.91 Å². The second-order valence-corrected chi connectivity index (χ2v) is 4.21. The highest BCUT2D eigenvalue weighted by molar-refractivity contribution is 5.80. The summed E-state index contributed by atoms with van der Waals surface area (Å²) in [5.74, 6) is -0.214. The molecule has 2 N–H and O–H groups in total. The number of hydrogen-bond acceptors (Lipinski definition) is 4. The van der Waals surface area contributed by atoms with E-state index in [1.807, 2.05) is 30.3 Å². The summed E-state index contributed by atoms with van der Waals surface area (Å²) >= 11 is 0. The normalized spacial score (nSPS) is 13.8. The van der Waals surface area contributed by atoms with Crippen LogP contribution in [0.3, 0.4) is 0 Å². The van der Waals surface area contributed by atoms with Crippen molar-refractivity contribution < 1.29 is 9.90 Å². The van der Waals surface area contributed by atoms with Gasteiger partial charge in [0.15, 0.2) is 0 Å². The van der Waals surface area contributed by atoms with Gasteiger partial charge < -0.3 is 10.4 Å². The van der Waals surface area contributed by atoms with Gasteiger partial charge in [-0.05, 0) is 12.5 Å². The maximum absolute atomic E-state index is 12.1. The van der Waals surface area contributed by atoms with Gasteiger partial charge in [0, 0.05) is 0 Å². The fourth-order valence-corrected chi connectivity index (χ4v) is 1.75. The highest BCUT2D eigenvalue weighted by atomic mass is 16.3.